The van der Waals surface area contributed by atoms with Gasteiger partial charge in [0.2, 0.25) is 0 Å². The molecule has 130 valence electrons. The molecule has 1 fully saturated rings. The lowest BCUT2D eigenvalue weighted by Crippen LogP contribution is -2.61. The van der Waals surface area contributed by atoms with E-state index in [1.165, 1.54) is 6.07 Å². The maximum absolute atomic E-state index is 13.1. The molecule has 1 saturated heterocycles. The van der Waals surface area contributed by atoms with E-state index in [1.807, 2.05) is 20.8 Å². The number of pyridine rings is 1. The van der Waals surface area contributed by atoms with Gasteiger partial charge in [-0.2, -0.15) is 13.2 Å². The predicted molar refractivity (Wildman–Crippen MR) is 83.7 cm³/mol. The van der Waals surface area contributed by atoms with Gasteiger partial charge in [-0.05, 0) is 11.5 Å². The third-order valence-electron chi connectivity index (χ3n) is 4.17. The normalized spacial score (nSPS) is 22.9. The standard InChI is InChI=1S/C15H21ClF3N3O/c1-13(2,3)14(8-20-4-5-23-14)9-22-11-6-12(16)21-7-10(11)15(17,18)19/h6-7,20H,4-5,8-9H2,1-3H3,(H,21,22). The number of nitrogens with zero attached hydrogens (tertiary/aromatic N) is 1. The quantitative estimate of drug-likeness (QED) is 0.817. The number of anilines is 1. The van der Waals surface area contributed by atoms with Crippen LogP contribution in [0.4, 0.5) is 18.9 Å². The summed E-state index contributed by atoms with van der Waals surface area (Å²) < 4.78 is 45.3. The first-order valence-corrected chi connectivity index (χ1v) is 7.74. The zero-order valence-electron chi connectivity index (χ0n) is 13.4. The number of halogens is 4. The Morgan fingerprint density at radius 3 is 2.61 bits per heavy atom. The van der Waals surface area contributed by atoms with Gasteiger partial charge in [-0.1, -0.05) is 32.4 Å². The van der Waals surface area contributed by atoms with Crippen LogP contribution >= 0.6 is 11.6 Å². The molecule has 1 aliphatic rings. The fourth-order valence-corrected chi connectivity index (χ4v) is 2.72. The van der Waals surface area contributed by atoms with E-state index < -0.39 is 17.3 Å². The van der Waals surface area contributed by atoms with Crippen molar-refractivity contribution in [2.45, 2.75) is 32.5 Å². The second-order valence-electron chi connectivity index (χ2n) is 6.67. The highest BCUT2D eigenvalue weighted by atomic mass is 35.5. The number of ether oxygens (including phenoxy) is 1. The Labute approximate surface area is 138 Å². The van der Waals surface area contributed by atoms with Crippen molar-refractivity contribution in [3.05, 3.63) is 23.0 Å². The summed E-state index contributed by atoms with van der Waals surface area (Å²) in [6.07, 6.45) is -3.76. The number of alkyl halides is 3. The molecule has 0 bridgehead atoms. The summed E-state index contributed by atoms with van der Waals surface area (Å²) >= 11 is 5.75. The summed E-state index contributed by atoms with van der Waals surface area (Å²) in [5, 5.41) is 6.12. The number of nitrogens with one attached hydrogen (secondary N) is 2. The van der Waals surface area contributed by atoms with Crippen LogP contribution in [0.25, 0.3) is 0 Å². The molecule has 0 saturated carbocycles. The van der Waals surface area contributed by atoms with Gasteiger partial charge in [-0.3, -0.25) is 0 Å². The molecule has 0 spiro atoms. The molecule has 1 aromatic heterocycles. The number of aromatic nitrogens is 1. The smallest absolute Gasteiger partial charge is 0.381 e. The number of hydrogen-bond acceptors (Lipinski definition) is 4. The molecular weight excluding hydrogens is 331 g/mol. The Hall–Kier alpha value is -1.05. The van der Waals surface area contributed by atoms with Crippen LogP contribution in [-0.4, -0.2) is 36.8 Å². The average molecular weight is 352 g/mol. The average Bonchev–Trinajstić information content (AvgIpc) is 2.43. The highest BCUT2D eigenvalue weighted by molar-refractivity contribution is 6.29. The van der Waals surface area contributed by atoms with E-state index in [1.54, 1.807) is 0 Å². The molecule has 1 aromatic rings. The van der Waals surface area contributed by atoms with E-state index in [0.29, 0.717) is 13.2 Å². The maximum Gasteiger partial charge on any atom is 0.419 e. The number of hydrogen-bond donors (Lipinski definition) is 2. The first-order valence-electron chi connectivity index (χ1n) is 7.36. The molecule has 1 aliphatic heterocycles. The minimum Gasteiger partial charge on any atom is -0.381 e. The molecule has 0 amide bonds. The second kappa shape index (κ2) is 6.45. The predicted octanol–water partition coefficient (Wildman–Crippen LogP) is 3.57. The van der Waals surface area contributed by atoms with Gasteiger partial charge in [-0.15, -0.1) is 0 Å². The van der Waals surface area contributed by atoms with Crippen LogP contribution in [-0.2, 0) is 10.9 Å². The molecule has 4 nitrogen and oxygen atoms in total. The summed E-state index contributed by atoms with van der Waals surface area (Å²) in [6, 6.07) is 1.19. The van der Waals surface area contributed by atoms with Crippen molar-refractivity contribution in [2.24, 2.45) is 5.41 Å². The minimum atomic E-state index is -4.50. The third kappa shape index (κ3) is 4.08. The molecule has 2 heterocycles. The van der Waals surface area contributed by atoms with E-state index in [0.717, 1.165) is 12.7 Å². The molecule has 1 unspecified atom stereocenters. The minimum absolute atomic E-state index is 0.00740. The Morgan fingerprint density at radius 2 is 2.09 bits per heavy atom. The SMILES string of the molecule is CC(C)(C)C1(CNc2cc(Cl)ncc2C(F)(F)F)CNCCO1. The number of rotatable bonds is 3. The van der Waals surface area contributed by atoms with Crippen LogP contribution in [0, 0.1) is 5.41 Å². The Kier molecular flexibility index (Phi) is 5.13. The second-order valence-corrected chi connectivity index (χ2v) is 7.06. The van der Waals surface area contributed by atoms with Crippen molar-refractivity contribution in [1.29, 1.82) is 0 Å². The summed E-state index contributed by atoms with van der Waals surface area (Å²) in [7, 11) is 0. The Bertz CT molecular complexity index is 552. The van der Waals surface area contributed by atoms with Crippen LogP contribution in [0.5, 0.6) is 0 Å². The van der Waals surface area contributed by atoms with Gasteiger partial charge in [-0.25, -0.2) is 4.98 Å². The molecule has 0 radical (unpaired) electrons. The van der Waals surface area contributed by atoms with Gasteiger partial charge in [0, 0.05) is 25.8 Å². The van der Waals surface area contributed by atoms with E-state index in [2.05, 4.69) is 15.6 Å². The Balaban J connectivity index is 2.26. The van der Waals surface area contributed by atoms with Crippen LogP contribution in [0.15, 0.2) is 12.3 Å². The molecular formula is C15H21ClF3N3O. The van der Waals surface area contributed by atoms with Crippen LogP contribution in [0.2, 0.25) is 5.15 Å². The van der Waals surface area contributed by atoms with E-state index in [4.69, 9.17) is 16.3 Å². The zero-order chi connectivity index (χ0) is 17.3. The van der Waals surface area contributed by atoms with E-state index >= 15 is 0 Å². The molecule has 2 rings (SSSR count). The van der Waals surface area contributed by atoms with Crippen molar-refractivity contribution in [3.8, 4) is 0 Å². The highest BCUT2D eigenvalue weighted by Crippen LogP contribution is 2.38. The molecule has 2 N–H and O–H groups in total. The lowest BCUT2D eigenvalue weighted by molar-refractivity contribution is -0.137. The van der Waals surface area contributed by atoms with Crippen LogP contribution in [0.1, 0.15) is 26.3 Å². The van der Waals surface area contributed by atoms with Gasteiger partial charge < -0.3 is 15.4 Å². The van der Waals surface area contributed by atoms with E-state index in [-0.39, 0.29) is 22.8 Å². The molecule has 0 aliphatic carbocycles. The van der Waals surface area contributed by atoms with Gasteiger partial charge in [0.1, 0.15) is 10.8 Å². The first-order chi connectivity index (χ1) is 10.6. The summed E-state index contributed by atoms with van der Waals surface area (Å²) in [6.45, 7) is 8.05. The molecule has 23 heavy (non-hydrogen) atoms. The molecule has 8 heteroatoms. The highest BCUT2D eigenvalue weighted by Gasteiger charge is 2.44. The monoisotopic (exact) mass is 351 g/mol. The van der Waals surface area contributed by atoms with Crippen molar-refractivity contribution in [2.75, 3.05) is 31.6 Å². The topological polar surface area (TPSA) is 46.2 Å². The van der Waals surface area contributed by atoms with Gasteiger partial charge in [0.25, 0.3) is 0 Å². The van der Waals surface area contributed by atoms with Gasteiger partial charge in [0.15, 0.2) is 0 Å². The van der Waals surface area contributed by atoms with Gasteiger partial charge in [0.05, 0.1) is 17.9 Å². The lowest BCUT2D eigenvalue weighted by atomic mass is 9.75. The van der Waals surface area contributed by atoms with Crippen molar-refractivity contribution in [3.63, 3.8) is 0 Å². The van der Waals surface area contributed by atoms with Crippen LogP contribution < -0.4 is 10.6 Å². The fourth-order valence-electron chi connectivity index (χ4n) is 2.56. The number of morpholine rings is 1. The summed E-state index contributed by atoms with van der Waals surface area (Å²) in [4.78, 5) is 3.53. The first kappa shape index (κ1) is 18.3. The fraction of sp³-hybridized carbons (Fsp3) is 0.667. The van der Waals surface area contributed by atoms with Crippen molar-refractivity contribution < 1.29 is 17.9 Å². The summed E-state index contributed by atoms with van der Waals surface area (Å²) in [5.41, 5.74) is -1.81. The molecule has 1 atom stereocenters. The zero-order valence-corrected chi connectivity index (χ0v) is 14.1. The third-order valence-corrected chi connectivity index (χ3v) is 4.38. The van der Waals surface area contributed by atoms with Crippen molar-refractivity contribution in [1.82, 2.24) is 10.3 Å². The van der Waals surface area contributed by atoms with Crippen LogP contribution in [0.3, 0.4) is 0 Å². The maximum atomic E-state index is 13.1. The van der Waals surface area contributed by atoms with Crippen molar-refractivity contribution >= 4 is 17.3 Å². The van der Waals surface area contributed by atoms with E-state index in [9.17, 15) is 13.2 Å². The van der Waals surface area contributed by atoms with Gasteiger partial charge >= 0.3 is 6.18 Å². The lowest BCUT2D eigenvalue weighted by Gasteiger charge is -2.47. The largest absolute Gasteiger partial charge is 0.419 e. The summed E-state index contributed by atoms with van der Waals surface area (Å²) in [5.74, 6) is 0. The Morgan fingerprint density at radius 1 is 1.39 bits per heavy atom. The molecule has 0 aromatic carbocycles.